The highest BCUT2D eigenvalue weighted by atomic mass is 35.5. The minimum absolute atomic E-state index is 0.0777. The maximum Gasteiger partial charge on any atom is 0.272 e. The second-order valence-electron chi connectivity index (χ2n) is 6.69. The van der Waals surface area contributed by atoms with Crippen molar-refractivity contribution in [3.05, 3.63) is 110 Å². The molecule has 0 fully saturated rings. The second kappa shape index (κ2) is 9.69. The SMILES string of the molecule is Cc1ccc(NC(=O)/C(=C\c2cccc([N+](=O)[O-])c2)NC(=O)c2cccc(Cl)c2)cc1. The molecule has 0 unspecified atom stereocenters. The van der Waals surface area contributed by atoms with Gasteiger partial charge in [0.25, 0.3) is 17.5 Å². The van der Waals surface area contributed by atoms with E-state index in [-0.39, 0.29) is 16.9 Å². The van der Waals surface area contributed by atoms with Crippen molar-refractivity contribution in [3.63, 3.8) is 0 Å². The lowest BCUT2D eigenvalue weighted by atomic mass is 10.1. The van der Waals surface area contributed by atoms with Crippen molar-refractivity contribution < 1.29 is 14.5 Å². The van der Waals surface area contributed by atoms with Gasteiger partial charge < -0.3 is 10.6 Å². The molecule has 0 aromatic heterocycles. The Morgan fingerprint density at radius 1 is 1.00 bits per heavy atom. The van der Waals surface area contributed by atoms with E-state index in [1.807, 2.05) is 19.1 Å². The number of non-ortho nitro benzene ring substituents is 1. The lowest BCUT2D eigenvalue weighted by Gasteiger charge is -2.12. The number of carbonyl (C=O) groups excluding carboxylic acids is 2. The molecule has 0 heterocycles. The van der Waals surface area contributed by atoms with Crippen LogP contribution in [0.1, 0.15) is 21.5 Å². The monoisotopic (exact) mass is 435 g/mol. The number of carbonyl (C=O) groups is 2. The third-order valence-electron chi connectivity index (χ3n) is 4.28. The Balaban J connectivity index is 1.93. The quantitative estimate of drug-likeness (QED) is 0.324. The summed E-state index contributed by atoms with van der Waals surface area (Å²) in [6.45, 7) is 1.92. The van der Waals surface area contributed by atoms with Crippen molar-refractivity contribution in [1.29, 1.82) is 0 Å². The highest BCUT2D eigenvalue weighted by Crippen LogP contribution is 2.17. The van der Waals surface area contributed by atoms with Crippen LogP contribution in [-0.4, -0.2) is 16.7 Å². The van der Waals surface area contributed by atoms with E-state index in [9.17, 15) is 19.7 Å². The van der Waals surface area contributed by atoms with Crippen molar-refractivity contribution in [1.82, 2.24) is 5.32 Å². The van der Waals surface area contributed by atoms with Gasteiger partial charge in [0, 0.05) is 28.4 Å². The smallest absolute Gasteiger partial charge is 0.272 e. The van der Waals surface area contributed by atoms with E-state index < -0.39 is 16.7 Å². The zero-order valence-electron chi connectivity index (χ0n) is 16.5. The Hall–Kier alpha value is -3.97. The fourth-order valence-corrected chi connectivity index (χ4v) is 2.90. The molecule has 0 aliphatic rings. The van der Waals surface area contributed by atoms with Gasteiger partial charge in [0.1, 0.15) is 5.70 Å². The van der Waals surface area contributed by atoms with Gasteiger partial charge in [-0.05, 0) is 48.9 Å². The number of benzene rings is 3. The van der Waals surface area contributed by atoms with Gasteiger partial charge in [0.15, 0.2) is 0 Å². The van der Waals surface area contributed by atoms with Crippen LogP contribution >= 0.6 is 11.6 Å². The molecule has 2 amide bonds. The molecular weight excluding hydrogens is 418 g/mol. The Labute approximate surface area is 183 Å². The van der Waals surface area contributed by atoms with Crippen molar-refractivity contribution in [2.24, 2.45) is 0 Å². The fraction of sp³-hybridized carbons (Fsp3) is 0.0435. The van der Waals surface area contributed by atoms with E-state index in [2.05, 4.69) is 10.6 Å². The molecular formula is C23H18ClN3O4. The average Bonchev–Trinajstić information content (AvgIpc) is 2.75. The molecule has 31 heavy (non-hydrogen) atoms. The molecule has 156 valence electrons. The standard InChI is InChI=1S/C23H18ClN3O4/c1-15-8-10-19(11-9-15)25-23(29)21(13-16-4-2-7-20(12-16)27(30)31)26-22(28)17-5-3-6-18(24)14-17/h2-14H,1H3,(H,25,29)(H,26,28)/b21-13+. The van der Waals surface area contributed by atoms with Gasteiger partial charge in [-0.15, -0.1) is 0 Å². The van der Waals surface area contributed by atoms with Crippen LogP contribution in [0.15, 0.2) is 78.5 Å². The fourth-order valence-electron chi connectivity index (χ4n) is 2.71. The molecule has 0 radical (unpaired) electrons. The molecule has 7 nitrogen and oxygen atoms in total. The summed E-state index contributed by atoms with van der Waals surface area (Å²) < 4.78 is 0. The van der Waals surface area contributed by atoms with Crippen LogP contribution in [0.2, 0.25) is 5.02 Å². The van der Waals surface area contributed by atoms with Gasteiger partial charge in [0.05, 0.1) is 4.92 Å². The average molecular weight is 436 g/mol. The summed E-state index contributed by atoms with van der Waals surface area (Å²) in [5.41, 5.74) is 2.01. The molecule has 0 spiro atoms. The molecule has 3 rings (SSSR count). The zero-order valence-corrected chi connectivity index (χ0v) is 17.2. The zero-order chi connectivity index (χ0) is 22.4. The Morgan fingerprint density at radius 2 is 1.71 bits per heavy atom. The number of hydrogen-bond donors (Lipinski definition) is 2. The topological polar surface area (TPSA) is 101 Å². The van der Waals surface area contributed by atoms with Gasteiger partial charge in [-0.25, -0.2) is 0 Å². The molecule has 0 atom stereocenters. The highest BCUT2D eigenvalue weighted by molar-refractivity contribution is 6.31. The number of halogens is 1. The lowest BCUT2D eigenvalue weighted by molar-refractivity contribution is -0.384. The number of amides is 2. The first-order chi connectivity index (χ1) is 14.8. The van der Waals surface area contributed by atoms with E-state index >= 15 is 0 Å². The van der Waals surface area contributed by atoms with E-state index in [4.69, 9.17) is 11.6 Å². The first kappa shape index (κ1) is 21.7. The maximum atomic E-state index is 12.9. The summed E-state index contributed by atoms with van der Waals surface area (Å²) in [7, 11) is 0. The number of rotatable bonds is 6. The lowest BCUT2D eigenvalue weighted by Crippen LogP contribution is -2.30. The minimum Gasteiger partial charge on any atom is -0.321 e. The molecule has 2 N–H and O–H groups in total. The van der Waals surface area contributed by atoms with Crippen LogP contribution in [0.5, 0.6) is 0 Å². The number of nitro groups is 1. The van der Waals surface area contributed by atoms with Crippen LogP contribution < -0.4 is 10.6 Å². The van der Waals surface area contributed by atoms with Crippen LogP contribution in [0.4, 0.5) is 11.4 Å². The van der Waals surface area contributed by atoms with Gasteiger partial charge in [-0.2, -0.15) is 0 Å². The molecule has 0 bridgehead atoms. The summed E-state index contributed by atoms with van der Waals surface area (Å²) in [5, 5.41) is 16.7. The second-order valence-corrected chi connectivity index (χ2v) is 7.13. The Kier molecular flexibility index (Phi) is 6.79. The third kappa shape index (κ3) is 6.01. The number of nitro benzene ring substituents is 1. The van der Waals surface area contributed by atoms with Crippen molar-refractivity contribution >= 4 is 40.9 Å². The molecule has 3 aromatic rings. The van der Waals surface area contributed by atoms with Crippen molar-refractivity contribution in [3.8, 4) is 0 Å². The van der Waals surface area contributed by atoms with E-state index in [1.54, 1.807) is 36.4 Å². The maximum absolute atomic E-state index is 12.9. The number of aryl methyl sites for hydroxylation is 1. The highest BCUT2D eigenvalue weighted by Gasteiger charge is 2.16. The minimum atomic E-state index is -0.578. The van der Waals surface area contributed by atoms with Crippen LogP contribution in [0.3, 0.4) is 0 Å². The Morgan fingerprint density at radius 3 is 2.39 bits per heavy atom. The van der Waals surface area contributed by atoms with Crippen LogP contribution in [0.25, 0.3) is 6.08 Å². The molecule has 0 saturated heterocycles. The van der Waals surface area contributed by atoms with Crippen molar-refractivity contribution in [2.75, 3.05) is 5.32 Å². The van der Waals surface area contributed by atoms with E-state index in [1.165, 1.54) is 30.3 Å². The molecule has 0 aliphatic heterocycles. The van der Waals surface area contributed by atoms with Gasteiger partial charge in [-0.3, -0.25) is 19.7 Å². The predicted molar refractivity (Wildman–Crippen MR) is 120 cm³/mol. The van der Waals surface area contributed by atoms with E-state index in [0.717, 1.165) is 5.56 Å². The molecule has 8 heteroatoms. The first-order valence-corrected chi connectivity index (χ1v) is 9.61. The van der Waals surface area contributed by atoms with Crippen LogP contribution in [-0.2, 0) is 4.79 Å². The number of nitrogens with zero attached hydrogens (tertiary/aromatic N) is 1. The third-order valence-corrected chi connectivity index (χ3v) is 4.52. The van der Waals surface area contributed by atoms with Crippen molar-refractivity contribution in [2.45, 2.75) is 6.92 Å². The summed E-state index contributed by atoms with van der Waals surface area (Å²) in [5.74, 6) is -1.12. The normalized spacial score (nSPS) is 11.0. The Bertz CT molecular complexity index is 1170. The van der Waals surface area contributed by atoms with Gasteiger partial charge >= 0.3 is 0 Å². The predicted octanol–water partition coefficient (Wildman–Crippen LogP) is 4.97. The van der Waals surface area contributed by atoms with E-state index in [0.29, 0.717) is 16.3 Å². The molecule has 3 aromatic carbocycles. The summed E-state index contributed by atoms with van der Waals surface area (Å²) in [4.78, 5) is 36.1. The van der Waals surface area contributed by atoms with Gasteiger partial charge in [0.2, 0.25) is 0 Å². The largest absolute Gasteiger partial charge is 0.321 e. The van der Waals surface area contributed by atoms with Crippen LogP contribution in [0, 0.1) is 17.0 Å². The first-order valence-electron chi connectivity index (χ1n) is 9.23. The number of anilines is 1. The number of hydrogen-bond acceptors (Lipinski definition) is 4. The molecule has 0 saturated carbocycles. The number of nitrogens with one attached hydrogen (secondary N) is 2. The summed E-state index contributed by atoms with van der Waals surface area (Å²) in [6, 6.07) is 19.2. The van der Waals surface area contributed by atoms with Gasteiger partial charge in [-0.1, -0.05) is 47.5 Å². The summed E-state index contributed by atoms with van der Waals surface area (Å²) in [6.07, 6.45) is 1.37. The summed E-state index contributed by atoms with van der Waals surface area (Å²) >= 11 is 5.95. The molecule has 0 aliphatic carbocycles.